The molecular formula is C11H15NO5. The molecule has 0 unspecified atom stereocenters. The third-order valence-corrected chi connectivity index (χ3v) is 1.97. The molecule has 1 N–H and O–H groups in total. The number of esters is 1. The molecule has 1 aromatic heterocycles. The minimum atomic E-state index is -0.912. The lowest BCUT2D eigenvalue weighted by Crippen LogP contribution is -2.24. The van der Waals surface area contributed by atoms with Crippen LogP contribution in [-0.2, 0) is 16.1 Å². The van der Waals surface area contributed by atoms with Gasteiger partial charge in [0.15, 0.2) is 0 Å². The van der Waals surface area contributed by atoms with Crippen molar-refractivity contribution < 1.29 is 23.8 Å². The number of nitrogens with zero attached hydrogens (tertiary/aromatic N) is 1. The molecule has 0 aliphatic heterocycles. The van der Waals surface area contributed by atoms with Crippen LogP contribution in [0.5, 0.6) is 0 Å². The van der Waals surface area contributed by atoms with Gasteiger partial charge in [0.25, 0.3) is 0 Å². The van der Waals surface area contributed by atoms with E-state index in [0.29, 0.717) is 12.3 Å². The standard InChI is InChI=1S/C11H15NO5/c1-3-16-11(15)9-5-4-8(17-9)6-12(2)7-10(13)14/h4-5H,3,6-7H2,1-2H3,(H,13,14). The molecule has 1 aromatic rings. The fourth-order valence-electron chi connectivity index (χ4n) is 1.33. The molecule has 0 fully saturated rings. The maximum absolute atomic E-state index is 11.3. The first-order chi connectivity index (χ1) is 8.02. The van der Waals surface area contributed by atoms with E-state index in [1.54, 1.807) is 24.9 Å². The van der Waals surface area contributed by atoms with E-state index in [2.05, 4.69) is 0 Å². The Balaban J connectivity index is 2.56. The summed E-state index contributed by atoms with van der Waals surface area (Å²) in [7, 11) is 1.65. The van der Waals surface area contributed by atoms with Crippen molar-refractivity contribution in [1.29, 1.82) is 0 Å². The van der Waals surface area contributed by atoms with Gasteiger partial charge in [-0.1, -0.05) is 0 Å². The van der Waals surface area contributed by atoms with E-state index in [1.165, 1.54) is 6.07 Å². The summed E-state index contributed by atoms with van der Waals surface area (Å²) in [5.41, 5.74) is 0. The Hall–Kier alpha value is -1.82. The van der Waals surface area contributed by atoms with Crippen LogP contribution < -0.4 is 0 Å². The van der Waals surface area contributed by atoms with E-state index in [4.69, 9.17) is 14.3 Å². The number of aliphatic carboxylic acids is 1. The van der Waals surface area contributed by atoms with E-state index in [0.717, 1.165) is 0 Å². The zero-order valence-electron chi connectivity index (χ0n) is 9.80. The second-order valence-electron chi connectivity index (χ2n) is 3.55. The van der Waals surface area contributed by atoms with Gasteiger partial charge in [0.2, 0.25) is 5.76 Å². The van der Waals surface area contributed by atoms with Gasteiger partial charge in [-0.2, -0.15) is 0 Å². The summed E-state index contributed by atoms with van der Waals surface area (Å²) in [4.78, 5) is 23.3. The number of furan rings is 1. The Morgan fingerprint density at radius 1 is 1.47 bits per heavy atom. The smallest absolute Gasteiger partial charge is 0.374 e. The molecule has 6 heteroatoms. The Kier molecular flexibility index (Phi) is 4.71. The molecule has 0 bridgehead atoms. The lowest BCUT2D eigenvalue weighted by molar-refractivity contribution is -0.138. The van der Waals surface area contributed by atoms with Gasteiger partial charge in [0, 0.05) is 0 Å². The first-order valence-corrected chi connectivity index (χ1v) is 5.19. The van der Waals surface area contributed by atoms with Gasteiger partial charge in [-0.3, -0.25) is 9.69 Å². The summed E-state index contributed by atoms with van der Waals surface area (Å²) in [6.07, 6.45) is 0. The van der Waals surface area contributed by atoms with Crippen molar-refractivity contribution in [2.75, 3.05) is 20.2 Å². The zero-order valence-corrected chi connectivity index (χ0v) is 9.80. The number of hydrogen-bond acceptors (Lipinski definition) is 5. The maximum Gasteiger partial charge on any atom is 0.374 e. The molecule has 0 spiro atoms. The van der Waals surface area contributed by atoms with E-state index >= 15 is 0 Å². The van der Waals surface area contributed by atoms with Crippen LogP contribution in [-0.4, -0.2) is 42.1 Å². The maximum atomic E-state index is 11.3. The molecule has 0 aromatic carbocycles. The van der Waals surface area contributed by atoms with Gasteiger partial charge in [-0.25, -0.2) is 4.79 Å². The number of carboxylic acids is 1. The fraction of sp³-hybridized carbons (Fsp3) is 0.455. The summed E-state index contributed by atoms with van der Waals surface area (Å²) in [6.45, 7) is 2.23. The van der Waals surface area contributed by atoms with Crippen LogP contribution in [0.2, 0.25) is 0 Å². The lowest BCUT2D eigenvalue weighted by Gasteiger charge is -2.11. The molecule has 6 nitrogen and oxygen atoms in total. The van der Waals surface area contributed by atoms with Gasteiger partial charge in [-0.15, -0.1) is 0 Å². The van der Waals surface area contributed by atoms with Crippen molar-refractivity contribution in [2.24, 2.45) is 0 Å². The van der Waals surface area contributed by atoms with E-state index in [-0.39, 0.29) is 18.9 Å². The summed E-state index contributed by atoms with van der Waals surface area (Å²) >= 11 is 0. The van der Waals surface area contributed by atoms with Crippen LogP contribution >= 0.6 is 0 Å². The largest absolute Gasteiger partial charge is 0.480 e. The fourth-order valence-corrected chi connectivity index (χ4v) is 1.33. The topological polar surface area (TPSA) is 80.0 Å². The molecule has 1 rings (SSSR count). The molecule has 0 aliphatic carbocycles. The average Bonchev–Trinajstić information content (AvgIpc) is 2.65. The van der Waals surface area contributed by atoms with Crippen molar-refractivity contribution in [2.45, 2.75) is 13.5 Å². The van der Waals surface area contributed by atoms with Crippen LogP contribution in [0.15, 0.2) is 16.5 Å². The number of carbonyl (C=O) groups is 2. The molecule has 94 valence electrons. The van der Waals surface area contributed by atoms with Crippen molar-refractivity contribution >= 4 is 11.9 Å². The lowest BCUT2D eigenvalue weighted by atomic mass is 10.4. The number of carbonyl (C=O) groups excluding carboxylic acids is 1. The number of carboxylic acid groups (broad SMARTS) is 1. The summed E-state index contributed by atoms with van der Waals surface area (Å²) < 4.78 is 10.0. The summed E-state index contributed by atoms with van der Waals surface area (Å²) in [5, 5.41) is 8.58. The number of hydrogen-bond donors (Lipinski definition) is 1. The van der Waals surface area contributed by atoms with Crippen molar-refractivity contribution in [1.82, 2.24) is 4.90 Å². The Bertz CT molecular complexity index is 398. The molecule has 0 amide bonds. The van der Waals surface area contributed by atoms with E-state index in [9.17, 15) is 9.59 Å². The highest BCUT2D eigenvalue weighted by Crippen LogP contribution is 2.11. The predicted molar refractivity (Wildman–Crippen MR) is 58.6 cm³/mol. The first kappa shape index (κ1) is 13.2. The minimum Gasteiger partial charge on any atom is -0.480 e. The highest BCUT2D eigenvalue weighted by atomic mass is 16.5. The summed E-state index contributed by atoms with van der Waals surface area (Å²) in [6, 6.07) is 3.15. The monoisotopic (exact) mass is 241 g/mol. The van der Waals surface area contributed by atoms with Crippen LogP contribution in [0.3, 0.4) is 0 Å². The first-order valence-electron chi connectivity index (χ1n) is 5.19. The Labute approximate surface area is 98.8 Å². The molecule has 0 aliphatic rings. The molecule has 0 saturated carbocycles. The number of ether oxygens (including phenoxy) is 1. The van der Waals surface area contributed by atoms with Crippen molar-refractivity contribution in [3.8, 4) is 0 Å². The molecule has 1 heterocycles. The number of likely N-dealkylation sites (N-methyl/N-ethyl adjacent to an activating group) is 1. The molecule has 0 saturated heterocycles. The van der Waals surface area contributed by atoms with E-state index in [1.807, 2.05) is 0 Å². The van der Waals surface area contributed by atoms with Gasteiger partial charge >= 0.3 is 11.9 Å². The van der Waals surface area contributed by atoms with Crippen molar-refractivity contribution in [3.63, 3.8) is 0 Å². The van der Waals surface area contributed by atoms with Crippen LogP contribution in [0, 0.1) is 0 Å². The van der Waals surface area contributed by atoms with E-state index < -0.39 is 11.9 Å². The molecular weight excluding hydrogens is 226 g/mol. The van der Waals surface area contributed by atoms with Crippen LogP contribution in [0.25, 0.3) is 0 Å². The SMILES string of the molecule is CCOC(=O)c1ccc(CN(C)CC(=O)O)o1. The zero-order chi connectivity index (χ0) is 12.8. The average molecular weight is 241 g/mol. The third-order valence-electron chi connectivity index (χ3n) is 1.97. The molecule has 0 atom stereocenters. The van der Waals surface area contributed by atoms with Crippen LogP contribution in [0.4, 0.5) is 0 Å². The molecule has 17 heavy (non-hydrogen) atoms. The summed E-state index contributed by atoms with van der Waals surface area (Å²) in [5.74, 6) is -0.772. The predicted octanol–water partition coefficient (Wildman–Crippen LogP) is 0.973. The second-order valence-corrected chi connectivity index (χ2v) is 3.55. The van der Waals surface area contributed by atoms with Crippen LogP contribution in [0.1, 0.15) is 23.2 Å². The minimum absolute atomic E-state index is 0.0879. The quantitative estimate of drug-likeness (QED) is 0.747. The second kappa shape index (κ2) is 6.05. The van der Waals surface area contributed by atoms with Gasteiger partial charge in [-0.05, 0) is 26.1 Å². The number of rotatable bonds is 6. The van der Waals surface area contributed by atoms with Gasteiger partial charge in [0.1, 0.15) is 5.76 Å². The van der Waals surface area contributed by atoms with Gasteiger partial charge in [0.05, 0.1) is 19.7 Å². The van der Waals surface area contributed by atoms with Crippen molar-refractivity contribution in [3.05, 3.63) is 23.7 Å². The third kappa shape index (κ3) is 4.28. The molecule has 0 radical (unpaired) electrons. The highest BCUT2D eigenvalue weighted by molar-refractivity contribution is 5.86. The highest BCUT2D eigenvalue weighted by Gasteiger charge is 2.13. The van der Waals surface area contributed by atoms with Gasteiger partial charge < -0.3 is 14.3 Å². The Morgan fingerprint density at radius 3 is 2.76 bits per heavy atom. The Morgan fingerprint density at radius 2 is 2.18 bits per heavy atom. The normalized spacial score (nSPS) is 10.5.